The molecule has 0 aromatic rings. The third-order valence-corrected chi connectivity index (χ3v) is 5.69. The van der Waals surface area contributed by atoms with Crippen molar-refractivity contribution < 1.29 is 17.9 Å². The molecule has 1 heterocycles. The predicted molar refractivity (Wildman–Crippen MR) is 69.2 cm³/mol. The molecule has 1 N–H and O–H groups in total. The van der Waals surface area contributed by atoms with E-state index in [4.69, 9.17) is 4.74 Å². The van der Waals surface area contributed by atoms with Gasteiger partial charge in [0.2, 0.25) is 5.91 Å². The molecule has 0 aromatic carbocycles. The molecular weight excluding hydrogens is 256 g/mol. The summed E-state index contributed by atoms with van der Waals surface area (Å²) in [6, 6.07) is 0. The highest BCUT2D eigenvalue weighted by atomic mass is 32.2. The van der Waals surface area contributed by atoms with Gasteiger partial charge in [-0.25, -0.2) is 8.42 Å². The molecule has 18 heavy (non-hydrogen) atoms. The van der Waals surface area contributed by atoms with Gasteiger partial charge in [0.05, 0.1) is 23.7 Å². The standard InChI is InChI=1S/C11H22N2O4S/c1-11(2)9-13(5-7-18(11,15)16)10(14)8-12-4-6-17-3/h12H,4-9H2,1-3H3. The van der Waals surface area contributed by atoms with Crippen molar-refractivity contribution in [1.82, 2.24) is 10.2 Å². The lowest BCUT2D eigenvalue weighted by atomic mass is 10.2. The molecule has 0 saturated carbocycles. The third kappa shape index (κ3) is 3.66. The molecule has 0 radical (unpaired) electrons. The van der Waals surface area contributed by atoms with E-state index in [9.17, 15) is 13.2 Å². The summed E-state index contributed by atoms with van der Waals surface area (Å²) in [5, 5.41) is 2.97. The molecule has 1 rings (SSSR count). The summed E-state index contributed by atoms with van der Waals surface area (Å²) in [5.41, 5.74) is 0. The second-order valence-electron chi connectivity index (χ2n) is 5.06. The molecule has 0 aliphatic carbocycles. The van der Waals surface area contributed by atoms with Crippen LogP contribution in [0.4, 0.5) is 0 Å². The van der Waals surface area contributed by atoms with Crippen LogP contribution in [0.5, 0.6) is 0 Å². The number of ether oxygens (including phenoxy) is 1. The Morgan fingerprint density at radius 2 is 2.11 bits per heavy atom. The van der Waals surface area contributed by atoms with E-state index in [0.717, 1.165) is 0 Å². The Morgan fingerprint density at radius 1 is 1.44 bits per heavy atom. The molecule has 0 spiro atoms. The van der Waals surface area contributed by atoms with Gasteiger partial charge in [-0.2, -0.15) is 0 Å². The van der Waals surface area contributed by atoms with Crippen LogP contribution >= 0.6 is 0 Å². The van der Waals surface area contributed by atoms with Gasteiger partial charge in [-0.05, 0) is 13.8 Å². The van der Waals surface area contributed by atoms with E-state index in [1.165, 1.54) is 0 Å². The van der Waals surface area contributed by atoms with Crippen molar-refractivity contribution in [2.45, 2.75) is 18.6 Å². The number of nitrogens with one attached hydrogen (secondary N) is 1. The largest absolute Gasteiger partial charge is 0.383 e. The maximum atomic E-state index is 11.9. The lowest BCUT2D eigenvalue weighted by Gasteiger charge is -2.37. The van der Waals surface area contributed by atoms with E-state index in [-0.39, 0.29) is 31.3 Å². The fraction of sp³-hybridized carbons (Fsp3) is 0.909. The van der Waals surface area contributed by atoms with Gasteiger partial charge in [0.25, 0.3) is 0 Å². The molecule has 1 aliphatic heterocycles. The van der Waals surface area contributed by atoms with E-state index >= 15 is 0 Å². The van der Waals surface area contributed by atoms with Crippen molar-refractivity contribution in [3.63, 3.8) is 0 Å². The van der Waals surface area contributed by atoms with Crippen molar-refractivity contribution in [3.05, 3.63) is 0 Å². The second kappa shape index (κ2) is 5.99. The van der Waals surface area contributed by atoms with Gasteiger partial charge in [-0.3, -0.25) is 4.79 Å². The van der Waals surface area contributed by atoms with Crippen molar-refractivity contribution >= 4 is 15.7 Å². The zero-order valence-corrected chi connectivity index (χ0v) is 12.0. The maximum Gasteiger partial charge on any atom is 0.236 e. The minimum Gasteiger partial charge on any atom is -0.383 e. The number of sulfone groups is 1. The van der Waals surface area contributed by atoms with Crippen molar-refractivity contribution in [1.29, 1.82) is 0 Å². The zero-order valence-electron chi connectivity index (χ0n) is 11.2. The quantitative estimate of drug-likeness (QED) is 0.670. The minimum atomic E-state index is -3.09. The maximum absolute atomic E-state index is 11.9. The summed E-state index contributed by atoms with van der Waals surface area (Å²) < 4.78 is 27.6. The predicted octanol–water partition coefficient (Wildman–Crippen LogP) is -0.742. The topological polar surface area (TPSA) is 75.7 Å². The monoisotopic (exact) mass is 278 g/mol. The van der Waals surface area contributed by atoms with Crippen molar-refractivity contribution in [2.75, 3.05) is 45.6 Å². The van der Waals surface area contributed by atoms with Crippen molar-refractivity contribution in [3.8, 4) is 0 Å². The molecule has 0 bridgehead atoms. The molecule has 1 fully saturated rings. The summed E-state index contributed by atoms with van der Waals surface area (Å²) >= 11 is 0. The van der Waals surface area contributed by atoms with Crippen LogP contribution in [0.25, 0.3) is 0 Å². The molecule has 106 valence electrons. The first-order chi connectivity index (χ1) is 8.30. The highest BCUT2D eigenvalue weighted by molar-refractivity contribution is 7.92. The first kappa shape index (κ1) is 15.4. The molecular formula is C11H22N2O4S. The third-order valence-electron chi connectivity index (χ3n) is 3.16. The lowest BCUT2D eigenvalue weighted by molar-refractivity contribution is -0.130. The molecule has 1 amide bonds. The van der Waals surface area contributed by atoms with Crippen molar-refractivity contribution in [2.24, 2.45) is 0 Å². The Bertz CT molecular complexity index is 392. The van der Waals surface area contributed by atoms with E-state index in [2.05, 4.69) is 5.32 Å². The fourth-order valence-electron chi connectivity index (χ4n) is 1.84. The molecule has 1 aliphatic rings. The van der Waals surface area contributed by atoms with Crippen LogP contribution in [0.15, 0.2) is 0 Å². The van der Waals surface area contributed by atoms with Crippen LogP contribution in [0, 0.1) is 0 Å². The average Bonchev–Trinajstić information content (AvgIpc) is 2.28. The highest BCUT2D eigenvalue weighted by Crippen LogP contribution is 2.23. The smallest absolute Gasteiger partial charge is 0.236 e. The van der Waals surface area contributed by atoms with Gasteiger partial charge in [0.1, 0.15) is 0 Å². The normalized spacial score (nSPS) is 21.8. The minimum absolute atomic E-state index is 0.0454. The van der Waals surface area contributed by atoms with Crippen LogP contribution in [-0.4, -0.2) is 69.6 Å². The number of rotatable bonds is 5. The summed E-state index contributed by atoms with van der Waals surface area (Å²) in [7, 11) is -1.49. The van der Waals surface area contributed by atoms with E-state index in [1.54, 1.807) is 25.9 Å². The van der Waals surface area contributed by atoms with Gasteiger partial charge < -0.3 is 15.0 Å². The Morgan fingerprint density at radius 3 is 2.67 bits per heavy atom. The van der Waals surface area contributed by atoms with Crippen LogP contribution in [0.3, 0.4) is 0 Å². The van der Waals surface area contributed by atoms with Gasteiger partial charge in [0, 0.05) is 26.7 Å². The number of nitrogens with zero attached hydrogens (tertiary/aromatic N) is 1. The average molecular weight is 278 g/mol. The summed E-state index contributed by atoms with van der Waals surface area (Å²) in [4.78, 5) is 13.5. The molecule has 0 aromatic heterocycles. The molecule has 0 unspecified atom stereocenters. The Balaban J connectivity index is 2.47. The highest BCUT2D eigenvalue weighted by Gasteiger charge is 2.41. The van der Waals surface area contributed by atoms with Gasteiger partial charge >= 0.3 is 0 Å². The number of carbonyl (C=O) groups excluding carboxylic acids is 1. The van der Waals surface area contributed by atoms with Crippen LogP contribution < -0.4 is 5.32 Å². The SMILES string of the molecule is COCCNCC(=O)N1CCS(=O)(=O)C(C)(C)C1. The number of methoxy groups -OCH3 is 1. The van der Waals surface area contributed by atoms with Crippen LogP contribution in [0.1, 0.15) is 13.8 Å². The Kier molecular flexibility index (Phi) is 5.12. The van der Waals surface area contributed by atoms with E-state index < -0.39 is 14.6 Å². The zero-order chi connectivity index (χ0) is 13.8. The van der Waals surface area contributed by atoms with Crippen LogP contribution in [-0.2, 0) is 19.4 Å². The van der Waals surface area contributed by atoms with Gasteiger partial charge in [0.15, 0.2) is 9.84 Å². The number of hydrogen-bond donors (Lipinski definition) is 1. The number of amides is 1. The first-order valence-corrected chi connectivity index (χ1v) is 7.65. The lowest BCUT2D eigenvalue weighted by Crippen LogP contribution is -2.56. The molecule has 0 atom stereocenters. The summed E-state index contributed by atoms with van der Waals surface area (Å²) in [6.45, 7) is 5.27. The fourth-order valence-corrected chi connectivity index (χ4v) is 3.20. The van der Waals surface area contributed by atoms with E-state index in [1.807, 2.05) is 0 Å². The Labute approximate surface area is 109 Å². The second-order valence-corrected chi connectivity index (χ2v) is 7.81. The summed E-state index contributed by atoms with van der Waals surface area (Å²) in [6.07, 6.45) is 0. The molecule has 6 nitrogen and oxygen atoms in total. The molecule has 1 saturated heterocycles. The first-order valence-electron chi connectivity index (χ1n) is 6.00. The Hall–Kier alpha value is -0.660. The van der Waals surface area contributed by atoms with Gasteiger partial charge in [-0.15, -0.1) is 0 Å². The number of carbonyl (C=O) groups is 1. The molecule has 7 heteroatoms. The van der Waals surface area contributed by atoms with Crippen LogP contribution in [0.2, 0.25) is 0 Å². The van der Waals surface area contributed by atoms with E-state index in [0.29, 0.717) is 13.2 Å². The van der Waals surface area contributed by atoms with Gasteiger partial charge in [-0.1, -0.05) is 0 Å². The summed E-state index contributed by atoms with van der Waals surface area (Å²) in [5.74, 6) is -0.0156. The number of hydrogen-bond acceptors (Lipinski definition) is 5.